The predicted molar refractivity (Wildman–Crippen MR) is 104 cm³/mol. The Hall–Kier alpha value is -2.75. The van der Waals surface area contributed by atoms with E-state index in [2.05, 4.69) is 4.98 Å². The van der Waals surface area contributed by atoms with Crippen molar-refractivity contribution >= 4 is 5.82 Å². The largest absolute Gasteiger partial charge is 0.481 e. The van der Waals surface area contributed by atoms with Crippen LogP contribution in [-0.4, -0.2) is 41.2 Å². The van der Waals surface area contributed by atoms with Gasteiger partial charge in [0, 0.05) is 19.0 Å². The number of benzene rings is 1. The third-order valence-electron chi connectivity index (χ3n) is 6.04. The molecule has 7 nitrogen and oxygen atoms in total. The fraction of sp³-hybridized carbons (Fsp3) is 0.524. The summed E-state index contributed by atoms with van der Waals surface area (Å²) in [5.74, 6) is -1.52. The van der Waals surface area contributed by atoms with Crippen LogP contribution in [0.3, 0.4) is 0 Å². The van der Waals surface area contributed by atoms with E-state index in [1.807, 2.05) is 4.90 Å². The van der Waals surface area contributed by atoms with Gasteiger partial charge in [-0.25, -0.2) is 13.6 Å². The van der Waals surface area contributed by atoms with E-state index in [-0.39, 0.29) is 30.5 Å². The molecule has 1 aromatic heterocycles. The van der Waals surface area contributed by atoms with Gasteiger partial charge >= 0.3 is 5.69 Å². The van der Waals surface area contributed by atoms with Crippen molar-refractivity contribution in [3.05, 3.63) is 45.9 Å². The summed E-state index contributed by atoms with van der Waals surface area (Å²) in [6.45, 7) is 0.793. The van der Waals surface area contributed by atoms with E-state index < -0.39 is 35.3 Å². The number of aromatic nitrogens is 2. The van der Waals surface area contributed by atoms with Gasteiger partial charge < -0.3 is 19.1 Å². The summed E-state index contributed by atoms with van der Waals surface area (Å²) >= 11 is 0. The molecule has 0 radical (unpaired) electrons. The average molecular weight is 437 g/mol. The lowest BCUT2D eigenvalue weighted by molar-refractivity contribution is 0.0903. The fourth-order valence-corrected chi connectivity index (χ4v) is 4.14. The highest BCUT2D eigenvalue weighted by molar-refractivity contribution is 5.47. The second-order valence-corrected chi connectivity index (χ2v) is 8.20. The Labute approximate surface area is 176 Å². The molecule has 2 aliphatic heterocycles. The molecule has 1 atom stereocenters. The van der Waals surface area contributed by atoms with Crippen molar-refractivity contribution in [3.8, 4) is 11.6 Å². The summed E-state index contributed by atoms with van der Waals surface area (Å²) in [7, 11) is 0. The average Bonchev–Trinajstić information content (AvgIpc) is 3.40. The standard InChI is InChI=1S/C21H22F3N3O4/c22-5-4-21(2-3-21)31-19-15(23)7-13(8-16(19)24)11-30-17-9-18-26(20(28)25-17)10-14-1-6-29-12-27(14)18/h7-9,14H,1-6,10-12H2/t14-/m1/s1. The van der Waals surface area contributed by atoms with Crippen LogP contribution < -0.4 is 20.1 Å². The number of alkyl halides is 1. The van der Waals surface area contributed by atoms with Gasteiger partial charge in [0.25, 0.3) is 0 Å². The first-order valence-corrected chi connectivity index (χ1v) is 10.3. The molecular formula is C21H22F3N3O4. The number of nitrogens with zero attached hydrogens (tertiary/aromatic N) is 3. The lowest BCUT2D eigenvalue weighted by Crippen LogP contribution is -2.39. The molecule has 0 bridgehead atoms. The van der Waals surface area contributed by atoms with Crippen molar-refractivity contribution in [2.45, 2.75) is 50.5 Å². The summed E-state index contributed by atoms with van der Waals surface area (Å²) < 4.78 is 59.6. The quantitative estimate of drug-likeness (QED) is 0.664. The molecule has 10 heteroatoms. The molecule has 1 saturated carbocycles. The van der Waals surface area contributed by atoms with Crippen LogP contribution in [0.2, 0.25) is 0 Å². The van der Waals surface area contributed by atoms with Gasteiger partial charge in [-0.3, -0.25) is 8.96 Å². The fourth-order valence-electron chi connectivity index (χ4n) is 4.14. The van der Waals surface area contributed by atoms with Gasteiger partial charge in [0.1, 0.15) is 24.8 Å². The van der Waals surface area contributed by atoms with Gasteiger partial charge in [0.05, 0.1) is 19.3 Å². The van der Waals surface area contributed by atoms with Crippen LogP contribution in [-0.2, 0) is 17.9 Å². The Morgan fingerprint density at radius 3 is 2.71 bits per heavy atom. The molecule has 3 aliphatic rings. The van der Waals surface area contributed by atoms with E-state index in [9.17, 15) is 18.0 Å². The van der Waals surface area contributed by atoms with Crippen molar-refractivity contribution in [1.82, 2.24) is 9.55 Å². The predicted octanol–water partition coefficient (Wildman–Crippen LogP) is 2.94. The molecule has 31 heavy (non-hydrogen) atoms. The second kappa shape index (κ2) is 7.74. The first-order chi connectivity index (χ1) is 15.0. The number of halogens is 3. The van der Waals surface area contributed by atoms with Crippen LogP contribution in [0.4, 0.5) is 19.0 Å². The number of rotatable bonds is 7. The van der Waals surface area contributed by atoms with E-state index in [0.29, 0.717) is 38.5 Å². The Morgan fingerprint density at radius 1 is 1.23 bits per heavy atom. The van der Waals surface area contributed by atoms with Crippen LogP contribution in [0.15, 0.2) is 23.0 Å². The van der Waals surface area contributed by atoms with Crippen LogP contribution >= 0.6 is 0 Å². The zero-order chi connectivity index (χ0) is 21.6. The highest BCUT2D eigenvalue weighted by Gasteiger charge is 2.46. The van der Waals surface area contributed by atoms with Gasteiger partial charge in [-0.15, -0.1) is 0 Å². The summed E-state index contributed by atoms with van der Waals surface area (Å²) in [6.07, 6.45) is 2.07. The van der Waals surface area contributed by atoms with Crippen LogP contribution in [0.25, 0.3) is 0 Å². The zero-order valence-electron chi connectivity index (χ0n) is 16.8. The van der Waals surface area contributed by atoms with Crippen molar-refractivity contribution in [3.63, 3.8) is 0 Å². The van der Waals surface area contributed by atoms with Crippen molar-refractivity contribution < 1.29 is 27.4 Å². The number of ether oxygens (including phenoxy) is 3. The molecular weight excluding hydrogens is 415 g/mol. The van der Waals surface area contributed by atoms with E-state index in [1.165, 1.54) is 0 Å². The van der Waals surface area contributed by atoms with Crippen LogP contribution in [0, 0.1) is 11.6 Å². The van der Waals surface area contributed by atoms with Gasteiger partial charge in [-0.1, -0.05) is 0 Å². The van der Waals surface area contributed by atoms with Gasteiger partial charge in [-0.05, 0) is 37.0 Å². The Bertz CT molecular complexity index is 1030. The Kier molecular flexibility index (Phi) is 5.04. The Balaban J connectivity index is 1.31. The monoisotopic (exact) mass is 437 g/mol. The minimum absolute atomic E-state index is 0.0727. The van der Waals surface area contributed by atoms with Crippen molar-refractivity contribution in [2.75, 3.05) is 24.9 Å². The van der Waals surface area contributed by atoms with Crippen LogP contribution in [0.1, 0.15) is 31.2 Å². The minimum atomic E-state index is -0.876. The number of hydrogen-bond acceptors (Lipinski definition) is 6. The SMILES string of the molecule is O=c1nc(OCc2cc(F)c(OC3(CCF)CC3)c(F)c2)cc2n1C[C@H]1CCOCN21. The van der Waals surface area contributed by atoms with E-state index in [4.69, 9.17) is 14.2 Å². The molecule has 2 fully saturated rings. The van der Waals surface area contributed by atoms with E-state index in [1.54, 1.807) is 10.6 Å². The summed E-state index contributed by atoms with van der Waals surface area (Å²) in [4.78, 5) is 18.3. The maximum absolute atomic E-state index is 14.5. The summed E-state index contributed by atoms with van der Waals surface area (Å²) in [5, 5.41) is 0. The van der Waals surface area contributed by atoms with Gasteiger partial charge in [0.15, 0.2) is 17.4 Å². The molecule has 0 spiro atoms. The van der Waals surface area contributed by atoms with Gasteiger partial charge in [0.2, 0.25) is 5.88 Å². The molecule has 3 heterocycles. The van der Waals surface area contributed by atoms with Crippen molar-refractivity contribution in [2.24, 2.45) is 0 Å². The molecule has 0 amide bonds. The molecule has 1 aromatic carbocycles. The first-order valence-electron chi connectivity index (χ1n) is 10.3. The van der Waals surface area contributed by atoms with E-state index in [0.717, 1.165) is 18.6 Å². The molecule has 5 rings (SSSR count). The topological polar surface area (TPSA) is 65.8 Å². The minimum Gasteiger partial charge on any atom is -0.481 e. The van der Waals surface area contributed by atoms with E-state index >= 15 is 0 Å². The molecule has 1 saturated heterocycles. The molecule has 1 aliphatic carbocycles. The lowest BCUT2D eigenvalue weighted by Gasteiger charge is -2.30. The summed E-state index contributed by atoms with van der Waals surface area (Å²) in [6, 6.07) is 4.03. The second-order valence-electron chi connectivity index (χ2n) is 8.20. The third kappa shape index (κ3) is 3.84. The number of hydrogen-bond donors (Lipinski definition) is 0. The number of anilines is 1. The van der Waals surface area contributed by atoms with Crippen LogP contribution in [0.5, 0.6) is 11.6 Å². The maximum Gasteiger partial charge on any atom is 0.352 e. The van der Waals surface area contributed by atoms with Gasteiger partial charge in [-0.2, -0.15) is 4.98 Å². The first kappa shape index (κ1) is 20.2. The number of fused-ring (bicyclic) bond motifs is 3. The smallest absolute Gasteiger partial charge is 0.352 e. The zero-order valence-corrected chi connectivity index (χ0v) is 16.8. The molecule has 166 valence electrons. The molecule has 0 unspecified atom stereocenters. The molecule has 2 aromatic rings. The summed E-state index contributed by atoms with van der Waals surface area (Å²) in [5.41, 5.74) is -1.02. The third-order valence-corrected chi connectivity index (χ3v) is 6.04. The van der Waals surface area contributed by atoms with Crippen molar-refractivity contribution in [1.29, 1.82) is 0 Å². The highest BCUT2D eigenvalue weighted by Crippen LogP contribution is 2.44. The highest BCUT2D eigenvalue weighted by atomic mass is 19.1. The maximum atomic E-state index is 14.5. The Morgan fingerprint density at radius 2 is 2.00 bits per heavy atom. The lowest BCUT2D eigenvalue weighted by atomic mass is 10.2. The normalized spacial score (nSPS) is 20.9. The molecule has 0 N–H and O–H groups in total.